The Balaban J connectivity index is 1.40. The molecule has 0 bridgehead atoms. The van der Waals surface area contributed by atoms with E-state index in [1.807, 2.05) is 53.9 Å². The van der Waals surface area contributed by atoms with Crippen molar-refractivity contribution in [3.8, 4) is 22.8 Å². The smallest absolute Gasteiger partial charge is 0.251 e. The second kappa shape index (κ2) is 13.6. The van der Waals surface area contributed by atoms with Crippen molar-refractivity contribution in [2.45, 2.75) is 19.1 Å². The molecule has 1 atom stereocenters. The van der Waals surface area contributed by atoms with E-state index in [1.54, 1.807) is 24.3 Å². The number of amides is 2. The zero-order chi connectivity index (χ0) is 32.0. The summed E-state index contributed by atoms with van der Waals surface area (Å²) in [6, 6.07) is 26.3. The lowest BCUT2D eigenvalue weighted by Gasteiger charge is -2.31. The molecule has 0 spiro atoms. The Bertz CT molecular complexity index is 1980. The Hall–Kier alpha value is -5.62. The quantitative estimate of drug-likeness (QED) is 0.182. The molecule has 2 aromatic heterocycles. The molecule has 2 heterocycles. The molecule has 0 unspecified atom stereocenters. The molecule has 0 aliphatic rings. The average Bonchev–Trinajstić information content (AvgIpc) is 3.73. The molecule has 0 radical (unpaired) electrons. The summed E-state index contributed by atoms with van der Waals surface area (Å²) < 4.78 is 26.4. The first-order valence-corrected chi connectivity index (χ1v) is 15.2. The largest absolute Gasteiger partial charge is 0.497 e. The molecule has 10 nitrogen and oxygen atoms in total. The molecule has 1 N–H and O–H groups in total. The highest BCUT2D eigenvalue weighted by Crippen LogP contribution is 2.33. The minimum atomic E-state index is -1.18. The highest BCUT2D eigenvalue weighted by atomic mass is 32.1. The van der Waals surface area contributed by atoms with Gasteiger partial charge < -0.3 is 19.7 Å². The molecule has 232 valence electrons. The van der Waals surface area contributed by atoms with Crippen LogP contribution in [0.4, 0.5) is 10.1 Å². The van der Waals surface area contributed by atoms with Gasteiger partial charge in [0.15, 0.2) is 0 Å². The van der Waals surface area contributed by atoms with Crippen molar-refractivity contribution in [1.82, 2.24) is 24.9 Å². The van der Waals surface area contributed by atoms with E-state index in [1.165, 1.54) is 59.4 Å². The number of carbonyl (C=O) groups is 2. The average molecular weight is 637 g/mol. The Kier molecular flexibility index (Phi) is 8.97. The van der Waals surface area contributed by atoms with Gasteiger partial charge in [-0.15, -0.1) is 16.4 Å². The number of ether oxygens (including phenoxy) is 2. The van der Waals surface area contributed by atoms with Gasteiger partial charge in [-0.05, 0) is 42.0 Å². The van der Waals surface area contributed by atoms with Gasteiger partial charge in [0.1, 0.15) is 40.4 Å². The van der Waals surface area contributed by atoms with Crippen LogP contribution in [0, 0.1) is 5.82 Å². The van der Waals surface area contributed by atoms with Gasteiger partial charge in [0, 0.05) is 17.0 Å². The molecule has 0 saturated heterocycles. The summed E-state index contributed by atoms with van der Waals surface area (Å²) >= 11 is 1.38. The van der Waals surface area contributed by atoms with Gasteiger partial charge in [-0.3, -0.25) is 9.59 Å². The summed E-state index contributed by atoms with van der Waals surface area (Å²) in [5.74, 6) is -0.520. The molecule has 2 amide bonds. The topological polar surface area (TPSA) is 111 Å². The third-order valence-electron chi connectivity index (χ3n) is 7.36. The highest BCUT2D eigenvalue weighted by molar-refractivity contribution is 7.09. The van der Waals surface area contributed by atoms with Gasteiger partial charge in [0.2, 0.25) is 5.91 Å². The number of fused-ring (bicyclic) bond motifs is 1. The lowest BCUT2D eigenvalue weighted by Crippen LogP contribution is -2.42. The summed E-state index contributed by atoms with van der Waals surface area (Å²) in [7, 11) is 3.01. The number of benzene rings is 4. The van der Waals surface area contributed by atoms with Crippen molar-refractivity contribution in [1.29, 1.82) is 0 Å². The number of hydrogen-bond donors (Lipinski definition) is 1. The number of nitrogens with zero attached hydrogens (tertiary/aromatic N) is 5. The number of halogens is 1. The van der Waals surface area contributed by atoms with Crippen LogP contribution in [0.15, 0.2) is 102 Å². The number of hydrogen-bond acceptors (Lipinski definition) is 8. The number of thiazole rings is 1. The van der Waals surface area contributed by atoms with Crippen LogP contribution in [0.5, 0.6) is 11.5 Å². The van der Waals surface area contributed by atoms with Crippen molar-refractivity contribution in [2.24, 2.45) is 0 Å². The third kappa shape index (κ3) is 6.57. The number of aromatic nitrogens is 4. The van der Waals surface area contributed by atoms with Crippen LogP contribution < -0.4 is 14.8 Å². The molecule has 12 heteroatoms. The van der Waals surface area contributed by atoms with Crippen LogP contribution in [0.1, 0.15) is 16.6 Å². The van der Waals surface area contributed by atoms with Crippen molar-refractivity contribution < 1.29 is 23.5 Å². The van der Waals surface area contributed by atoms with E-state index >= 15 is 0 Å². The van der Waals surface area contributed by atoms with E-state index in [9.17, 15) is 14.0 Å². The Labute approximate surface area is 268 Å². The normalized spacial score (nSPS) is 11.6. The molecule has 46 heavy (non-hydrogen) atoms. The minimum absolute atomic E-state index is 0.00181. The number of anilines is 1. The van der Waals surface area contributed by atoms with E-state index in [0.717, 1.165) is 11.3 Å². The standard InChI is InChI=1S/C34H29FN6O4S/c1-44-25-16-17-27(30(18-25)45-2)37-34(43)33(23-12-14-24(35)15-13-23)40(19-31-36-28(21-46-31)22-8-4-3-5-9-22)32(42)20-41-29-11-7-6-10-26(29)38-39-41/h3-18,21,33H,19-20H2,1-2H3,(H,37,43)/t33-/m0/s1. The fraction of sp³-hybridized carbons (Fsp3) is 0.147. The SMILES string of the molecule is COc1ccc(NC(=O)[C@H](c2ccc(F)cc2)N(Cc2nc(-c3ccccc3)cs2)C(=O)Cn2nnc3ccccc32)c(OC)c1. The van der Waals surface area contributed by atoms with Gasteiger partial charge in [0.25, 0.3) is 5.91 Å². The lowest BCUT2D eigenvalue weighted by molar-refractivity contribution is -0.140. The van der Waals surface area contributed by atoms with Crippen LogP contribution in [-0.4, -0.2) is 50.9 Å². The summed E-state index contributed by atoms with van der Waals surface area (Å²) in [6.45, 7) is -0.202. The lowest BCUT2D eigenvalue weighted by atomic mass is 10.0. The number of para-hydroxylation sites is 1. The summed E-state index contributed by atoms with van der Waals surface area (Å²) in [5, 5.41) is 13.8. The third-order valence-corrected chi connectivity index (χ3v) is 8.20. The fourth-order valence-electron chi connectivity index (χ4n) is 5.07. The molecular formula is C34H29FN6O4S. The van der Waals surface area contributed by atoms with Crippen molar-refractivity contribution in [3.05, 3.63) is 119 Å². The molecular weight excluding hydrogens is 607 g/mol. The number of carbonyl (C=O) groups excluding carboxylic acids is 2. The van der Waals surface area contributed by atoms with Gasteiger partial charge in [-0.1, -0.05) is 59.8 Å². The summed E-state index contributed by atoms with van der Waals surface area (Å²) in [5.41, 5.74) is 3.76. The maximum Gasteiger partial charge on any atom is 0.251 e. The number of nitrogens with one attached hydrogen (secondary N) is 1. The minimum Gasteiger partial charge on any atom is -0.497 e. The molecule has 0 saturated carbocycles. The van der Waals surface area contributed by atoms with Crippen molar-refractivity contribution >= 4 is 39.9 Å². The Morgan fingerprint density at radius 3 is 2.48 bits per heavy atom. The van der Waals surface area contributed by atoms with E-state index in [-0.39, 0.29) is 13.1 Å². The zero-order valence-electron chi connectivity index (χ0n) is 25.0. The van der Waals surface area contributed by atoms with Crippen molar-refractivity contribution in [3.63, 3.8) is 0 Å². The first-order valence-electron chi connectivity index (χ1n) is 14.3. The zero-order valence-corrected chi connectivity index (χ0v) is 25.8. The highest BCUT2D eigenvalue weighted by Gasteiger charge is 2.33. The summed E-state index contributed by atoms with van der Waals surface area (Å²) in [4.78, 5) is 34.8. The molecule has 0 aliphatic heterocycles. The number of rotatable bonds is 11. The van der Waals surface area contributed by atoms with Crippen LogP contribution >= 0.6 is 11.3 Å². The first-order chi connectivity index (χ1) is 22.4. The predicted molar refractivity (Wildman–Crippen MR) is 173 cm³/mol. The van der Waals surface area contributed by atoms with Crippen LogP contribution in [0.3, 0.4) is 0 Å². The Morgan fingerprint density at radius 1 is 0.957 bits per heavy atom. The van der Waals surface area contributed by atoms with Crippen LogP contribution in [0.25, 0.3) is 22.3 Å². The summed E-state index contributed by atoms with van der Waals surface area (Å²) in [6.07, 6.45) is 0. The molecule has 0 aliphatic carbocycles. The second-order valence-electron chi connectivity index (χ2n) is 10.3. The van der Waals surface area contributed by atoms with E-state index in [4.69, 9.17) is 14.5 Å². The molecule has 0 fully saturated rings. The van der Waals surface area contributed by atoms with E-state index < -0.39 is 23.7 Å². The maximum atomic E-state index is 14.3. The molecule has 4 aromatic carbocycles. The van der Waals surface area contributed by atoms with Gasteiger partial charge >= 0.3 is 0 Å². The number of methoxy groups -OCH3 is 2. The van der Waals surface area contributed by atoms with Gasteiger partial charge in [0.05, 0.1) is 37.7 Å². The van der Waals surface area contributed by atoms with Crippen molar-refractivity contribution in [2.75, 3.05) is 19.5 Å². The Morgan fingerprint density at radius 2 is 1.72 bits per heavy atom. The maximum absolute atomic E-state index is 14.3. The van der Waals surface area contributed by atoms with Crippen LogP contribution in [-0.2, 0) is 22.7 Å². The van der Waals surface area contributed by atoms with E-state index in [2.05, 4.69) is 15.6 Å². The van der Waals surface area contributed by atoms with E-state index in [0.29, 0.717) is 38.8 Å². The predicted octanol–water partition coefficient (Wildman–Crippen LogP) is 6.12. The molecule has 6 rings (SSSR count). The second-order valence-corrected chi connectivity index (χ2v) is 11.2. The fourth-order valence-corrected chi connectivity index (χ4v) is 5.87. The van der Waals surface area contributed by atoms with Crippen LogP contribution in [0.2, 0.25) is 0 Å². The van der Waals surface area contributed by atoms with Gasteiger partial charge in [-0.25, -0.2) is 14.1 Å². The molecule has 6 aromatic rings. The van der Waals surface area contributed by atoms with Gasteiger partial charge in [-0.2, -0.15) is 0 Å². The first kappa shape index (κ1) is 30.4. The monoisotopic (exact) mass is 636 g/mol.